The van der Waals surface area contributed by atoms with Crippen molar-refractivity contribution in [1.29, 1.82) is 0 Å². The van der Waals surface area contributed by atoms with Crippen LogP contribution in [-0.2, 0) is 13.0 Å². The van der Waals surface area contributed by atoms with Crippen molar-refractivity contribution >= 4 is 16.8 Å². The molecule has 6 nitrogen and oxygen atoms in total. The number of H-pyrrole nitrogens is 1. The number of aromatic amines is 1. The summed E-state index contributed by atoms with van der Waals surface area (Å²) < 4.78 is 2.20. The van der Waals surface area contributed by atoms with Gasteiger partial charge < -0.3 is 9.47 Å². The van der Waals surface area contributed by atoms with Gasteiger partial charge in [-0.2, -0.15) is 5.10 Å². The number of benzene rings is 1. The molecule has 0 fully saturated rings. The number of rotatable bonds is 3. The first-order valence-corrected chi connectivity index (χ1v) is 7.90. The fourth-order valence-corrected chi connectivity index (χ4v) is 3.42. The zero-order valence-electron chi connectivity index (χ0n) is 13.1. The van der Waals surface area contributed by atoms with Gasteiger partial charge in [-0.1, -0.05) is 6.07 Å². The van der Waals surface area contributed by atoms with Crippen molar-refractivity contribution in [3.05, 3.63) is 48.2 Å². The summed E-state index contributed by atoms with van der Waals surface area (Å²) in [6.45, 7) is 1.69. The third-order valence-electron chi connectivity index (χ3n) is 4.63. The Balaban J connectivity index is 1.50. The molecule has 1 aliphatic heterocycles. The quantitative estimate of drug-likeness (QED) is 0.805. The molecule has 0 radical (unpaired) electrons. The van der Waals surface area contributed by atoms with E-state index in [1.165, 1.54) is 0 Å². The lowest BCUT2D eigenvalue weighted by Crippen LogP contribution is -2.35. The Morgan fingerprint density at radius 1 is 1.48 bits per heavy atom. The van der Waals surface area contributed by atoms with Crippen LogP contribution in [0.5, 0.6) is 0 Å². The van der Waals surface area contributed by atoms with E-state index in [0.29, 0.717) is 11.5 Å². The number of aryl methyl sites for hydroxylation is 1. The minimum absolute atomic E-state index is 0.0495. The molecule has 23 heavy (non-hydrogen) atoms. The van der Waals surface area contributed by atoms with Gasteiger partial charge in [-0.15, -0.1) is 0 Å². The largest absolute Gasteiger partial charge is 0.341 e. The Kier molecular flexibility index (Phi) is 3.37. The lowest BCUT2D eigenvalue weighted by molar-refractivity contribution is 0.0762. The highest BCUT2D eigenvalue weighted by Gasteiger charge is 2.23. The molecule has 0 saturated carbocycles. The zero-order valence-corrected chi connectivity index (χ0v) is 13.1. The third-order valence-corrected chi connectivity index (χ3v) is 4.63. The summed E-state index contributed by atoms with van der Waals surface area (Å²) in [5.41, 5.74) is 1.60. The van der Waals surface area contributed by atoms with E-state index in [-0.39, 0.29) is 5.91 Å². The number of nitrogens with zero attached hydrogens (tertiary/aromatic N) is 4. The van der Waals surface area contributed by atoms with Gasteiger partial charge in [-0.05, 0) is 24.5 Å². The number of fused-ring (bicyclic) bond motifs is 2. The van der Waals surface area contributed by atoms with E-state index < -0.39 is 0 Å². The Labute approximate surface area is 134 Å². The summed E-state index contributed by atoms with van der Waals surface area (Å²) in [5.74, 6) is 1.67. The summed E-state index contributed by atoms with van der Waals surface area (Å²) in [6, 6.07) is 5.69. The number of aromatic nitrogens is 4. The number of amides is 1. The van der Waals surface area contributed by atoms with Crippen LogP contribution in [0.3, 0.4) is 0 Å². The molecule has 3 aromatic rings. The third kappa shape index (κ3) is 2.50. The monoisotopic (exact) mass is 309 g/mol. The Morgan fingerprint density at radius 2 is 2.39 bits per heavy atom. The van der Waals surface area contributed by atoms with Crippen molar-refractivity contribution in [2.75, 3.05) is 13.6 Å². The molecular formula is C17H19N5O. The van der Waals surface area contributed by atoms with Crippen molar-refractivity contribution in [1.82, 2.24) is 24.6 Å². The summed E-state index contributed by atoms with van der Waals surface area (Å²) in [7, 11) is 1.88. The standard InChI is InChI=1S/C17H19N5O/c1-21(10-12-5-6-16-18-7-8-22(16)11-12)17(23)13-3-2-4-15-14(13)9-19-20-15/h2-4,7-9,12H,5-6,10-11H2,1H3,(H,19,20)/t12-/m0/s1. The fraction of sp³-hybridized carbons (Fsp3) is 0.353. The van der Waals surface area contributed by atoms with Crippen LogP contribution in [0.15, 0.2) is 36.8 Å². The molecule has 1 amide bonds. The number of imidazole rings is 1. The average molecular weight is 309 g/mol. The number of hydrogen-bond donors (Lipinski definition) is 1. The first-order valence-electron chi connectivity index (χ1n) is 7.90. The van der Waals surface area contributed by atoms with E-state index in [2.05, 4.69) is 19.7 Å². The van der Waals surface area contributed by atoms with Crippen molar-refractivity contribution in [3.8, 4) is 0 Å². The van der Waals surface area contributed by atoms with Crippen LogP contribution in [0, 0.1) is 5.92 Å². The lowest BCUT2D eigenvalue weighted by atomic mass is 9.98. The number of carbonyl (C=O) groups is 1. The zero-order chi connectivity index (χ0) is 15.8. The van der Waals surface area contributed by atoms with Gasteiger partial charge in [0.1, 0.15) is 5.82 Å². The van der Waals surface area contributed by atoms with Gasteiger partial charge in [-0.3, -0.25) is 9.89 Å². The maximum atomic E-state index is 12.8. The molecule has 0 bridgehead atoms. The number of hydrogen-bond acceptors (Lipinski definition) is 3. The van der Waals surface area contributed by atoms with E-state index in [4.69, 9.17) is 0 Å². The van der Waals surface area contributed by atoms with Crippen molar-refractivity contribution in [3.63, 3.8) is 0 Å². The average Bonchev–Trinajstić information content (AvgIpc) is 3.21. The summed E-state index contributed by atoms with van der Waals surface area (Å²) in [5, 5.41) is 7.82. The van der Waals surface area contributed by atoms with Crippen LogP contribution in [0.4, 0.5) is 0 Å². The van der Waals surface area contributed by atoms with Gasteiger partial charge in [0.25, 0.3) is 5.91 Å². The Bertz CT molecular complexity index is 849. The van der Waals surface area contributed by atoms with Crippen LogP contribution in [-0.4, -0.2) is 44.1 Å². The van der Waals surface area contributed by atoms with Crippen LogP contribution < -0.4 is 0 Å². The number of nitrogens with one attached hydrogen (secondary N) is 1. The Hall–Kier alpha value is -2.63. The van der Waals surface area contributed by atoms with Crippen LogP contribution in [0.2, 0.25) is 0 Å². The highest BCUT2D eigenvalue weighted by Crippen LogP contribution is 2.22. The molecule has 0 unspecified atom stereocenters. The van der Waals surface area contributed by atoms with Crippen LogP contribution >= 0.6 is 0 Å². The predicted molar refractivity (Wildman–Crippen MR) is 87.1 cm³/mol. The molecule has 3 heterocycles. The topological polar surface area (TPSA) is 66.8 Å². The fourth-order valence-electron chi connectivity index (χ4n) is 3.42. The molecule has 1 atom stereocenters. The molecule has 6 heteroatoms. The van der Waals surface area contributed by atoms with Gasteiger partial charge >= 0.3 is 0 Å². The Morgan fingerprint density at radius 3 is 3.30 bits per heavy atom. The normalized spacial score (nSPS) is 17.2. The maximum absolute atomic E-state index is 12.8. The van der Waals surface area contributed by atoms with Gasteiger partial charge in [0.15, 0.2) is 0 Å². The van der Waals surface area contributed by atoms with E-state index in [1.807, 2.05) is 42.5 Å². The summed E-state index contributed by atoms with van der Waals surface area (Å²) in [4.78, 5) is 19.0. The first kappa shape index (κ1) is 14.0. The van der Waals surface area contributed by atoms with Gasteiger partial charge in [0.05, 0.1) is 17.3 Å². The van der Waals surface area contributed by atoms with Crippen LogP contribution in [0.25, 0.3) is 10.9 Å². The minimum atomic E-state index is 0.0495. The van der Waals surface area contributed by atoms with Gasteiger partial charge in [-0.25, -0.2) is 4.98 Å². The van der Waals surface area contributed by atoms with E-state index >= 15 is 0 Å². The second-order valence-corrected chi connectivity index (χ2v) is 6.22. The SMILES string of the molecule is CN(C[C@@H]1CCc2nccn2C1)C(=O)c1cccc2[nH]ncc12. The second kappa shape index (κ2) is 5.53. The highest BCUT2D eigenvalue weighted by molar-refractivity contribution is 6.05. The molecule has 1 aromatic carbocycles. The minimum Gasteiger partial charge on any atom is -0.341 e. The molecule has 0 saturated heterocycles. The molecule has 1 aliphatic rings. The number of carbonyl (C=O) groups excluding carboxylic acids is 1. The predicted octanol–water partition coefficient (Wildman–Crippen LogP) is 2.09. The highest BCUT2D eigenvalue weighted by atomic mass is 16.2. The summed E-state index contributed by atoms with van der Waals surface area (Å²) >= 11 is 0. The molecule has 1 N–H and O–H groups in total. The second-order valence-electron chi connectivity index (χ2n) is 6.22. The molecule has 0 spiro atoms. The smallest absolute Gasteiger partial charge is 0.254 e. The summed E-state index contributed by atoms with van der Waals surface area (Å²) in [6.07, 6.45) is 7.65. The molecule has 4 rings (SSSR count). The molecule has 2 aromatic heterocycles. The molecule has 0 aliphatic carbocycles. The van der Waals surface area contributed by atoms with Gasteiger partial charge in [0, 0.05) is 44.3 Å². The van der Waals surface area contributed by atoms with E-state index in [1.54, 1.807) is 6.20 Å². The van der Waals surface area contributed by atoms with Gasteiger partial charge in [0.2, 0.25) is 0 Å². The molecular weight excluding hydrogens is 290 g/mol. The van der Waals surface area contributed by atoms with Crippen LogP contribution in [0.1, 0.15) is 22.6 Å². The van der Waals surface area contributed by atoms with E-state index in [0.717, 1.165) is 42.7 Å². The van der Waals surface area contributed by atoms with Crippen molar-refractivity contribution in [2.45, 2.75) is 19.4 Å². The van der Waals surface area contributed by atoms with E-state index in [9.17, 15) is 4.79 Å². The lowest BCUT2D eigenvalue weighted by Gasteiger charge is -2.28. The first-order chi connectivity index (χ1) is 11.2. The maximum Gasteiger partial charge on any atom is 0.254 e. The molecule has 118 valence electrons. The van der Waals surface area contributed by atoms with Crippen molar-refractivity contribution in [2.24, 2.45) is 5.92 Å². The van der Waals surface area contributed by atoms with Crippen molar-refractivity contribution < 1.29 is 4.79 Å².